The van der Waals surface area contributed by atoms with Gasteiger partial charge in [-0.2, -0.15) is 0 Å². The molecule has 1 aliphatic heterocycles. The Kier molecular flexibility index (Phi) is 2.81. The molecule has 4 heteroatoms. The van der Waals surface area contributed by atoms with Crippen LogP contribution in [0.5, 0.6) is 5.75 Å². The topological polar surface area (TPSA) is 58.6 Å². The molecule has 1 heterocycles. The second kappa shape index (κ2) is 4.26. The molecule has 1 aromatic rings. The molecular weight excluding hydrogens is 206 g/mol. The molecule has 0 bridgehead atoms. The SMILES string of the molecule is COc1ccc2c(c1)CCN/C2=C/C(=O)O. The van der Waals surface area contributed by atoms with Crippen LogP contribution < -0.4 is 10.1 Å². The summed E-state index contributed by atoms with van der Waals surface area (Å²) in [5.41, 5.74) is 2.72. The highest BCUT2D eigenvalue weighted by molar-refractivity contribution is 5.90. The monoisotopic (exact) mass is 219 g/mol. The lowest BCUT2D eigenvalue weighted by Gasteiger charge is -2.21. The second-order valence-corrected chi connectivity index (χ2v) is 3.60. The summed E-state index contributed by atoms with van der Waals surface area (Å²) in [4.78, 5) is 10.7. The lowest BCUT2D eigenvalue weighted by Crippen LogP contribution is -2.23. The number of rotatable bonds is 2. The Morgan fingerprint density at radius 3 is 3.06 bits per heavy atom. The molecule has 4 nitrogen and oxygen atoms in total. The van der Waals surface area contributed by atoms with Gasteiger partial charge in [0.15, 0.2) is 0 Å². The van der Waals surface area contributed by atoms with E-state index in [1.54, 1.807) is 7.11 Å². The number of hydrogen-bond acceptors (Lipinski definition) is 3. The Morgan fingerprint density at radius 2 is 2.38 bits per heavy atom. The highest BCUT2D eigenvalue weighted by Crippen LogP contribution is 2.25. The van der Waals surface area contributed by atoms with Crippen molar-refractivity contribution in [2.45, 2.75) is 6.42 Å². The fourth-order valence-electron chi connectivity index (χ4n) is 1.85. The zero-order valence-electron chi connectivity index (χ0n) is 8.99. The van der Waals surface area contributed by atoms with Crippen molar-refractivity contribution in [3.05, 3.63) is 35.4 Å². The number of aliphatic carboxylic acids is 1. The highest BCUT2D eigenvalue weighted by Gasteiger charge is 2.14. The van der Waals surface area contributed by atoms with Crippen molar-refractivity contribution in [2.75, 3.05) is 13.7 Å². The van der Waals surface area contributed by atoms with Gasteiger partial charge in [-0.25, -0.2) is 4.79 Å². The second-order valence-electron chi connectivity index (χ2n) is 3.60. The van der Waals surface area contributed by atoms with Gasteiger partial charge in [-0.3, -0.25) is 0 Å². The standard InChI is InChI=1S/C12H13NO3/c1-16-9-2-3-10-8(6-9)4-5-13-11(10)7-12(14)15/h2-3,6-7,13H,4-5H2,1H3,(H,14,15)/b11-7+. The summed E-state index contributed by atoms with van der Waals surface area (Å²) in [7, 11) is 1.62. The van der Waals surface area contributed by atoms with E-state index in [0.717, 1.165) is 29.8 Å². The Morgan fingerprint density at radius 1 is 1.56 bits per heavy atom. The van der Waals surface area contributed by atoms with Crippen molar-refractivity contribution >= 4 is 11.7 Å². The van der Waals surface area contributed by atoms with Crippen LogP contribution >= 0.6 is 0 Å². The maximum atomic E-state index is 10.7. The molecule has 0 aliphatic carbocycles. The summed E-state index contributed by atoms with van der Waals surface area (Å²) in [6.07, 6.45) is 2.08. The van der Waals surface area contributed by atoms with Crippen LogP contribution in [0.1, 0.15) is 11.1 Å². The summed E-state index contributed by atoms with van der Waals surface area (Å²) in [5, 5.41) is 11.8. The zero-order chi connectivity index (χ0) is 11.5. The molecule has 0 unspecified atom stereocenters. The first-order valence-electron chi connectivity index (χ1n) is 5.06. The van der Waals surface area contributed by atoms with E-state index in [1.165, 1.54) is 6.08 Å². The lowest BCUT2D eigenvalue weighted by molar-refractivity contribution is -0.131. The maximum Gasteiger partial charge on any atom is 0.330 e. The number of carbonyl (C=O) groups is 1. The first kappa shape index (κ1) is 10.5. The number of methoxy groups -OCH3 is 1. The van der Waals surface area contributed by atoms with Gasteiger partial charge in [0.2, 0.25) is 0 Å². The summed E-state index contributed by atoms with van der Waals surface area (Å²) < 4.78 is 5.14. The molecule has 0 saturated heterocycles. The lowest BCUT2D eigenvalue weighted by atomic mass is 9.97. The van der Waals surface area contributed by atoms with Crippen LogP contribution in [0, 0.1) is 0 Å². The van der Waals surface area contributed by atoms with Crippen molar-refractivity contribution in [1.29, 1.82) is 0 Å². The number of carboxylic acid groups (broad SMARTS) is 1. The molecule has 0 saturated carbocycles. The van der Waals surface area contributed by atoms with Crippen molar-refractivity contribution in [3.63, 3.8) is 0 Å². The Hall–Kier alpha value is -1.97. The van der Waals surface area contributed by atoms with Crippen LogP contribution in [-0.4, -0.2) is 24.7 Å². The fraction of sp³-hybridized carbons (Fsp3) is 0.250. The summed E-state index contributed by atoms with van der Waals surface area (Å²) in [6, 6.07) is 5.67. The minimum absolute atomic E-state index is 0.663. The Balaban J connectivity index is 2.43. The van der Waals surface area contributed by atoms with Crippen LogP contribution in [0.3, 0.4) is 0 Å². The van der Waals surface area contributed by atoms with E-state index < -0.39 is 5.97 Å². The van der Waals surface area contributed by atoms with Gasteiger partial charge in [0.25, 0.3) is 0 Å². The van der Waals surface area contributed by atoms with E-state index in [1.807, 2.05) is 18.2 Å². The van der Waals surface area contributed by atoms with Gasteiger partial charge < -0.3 is 15.2 Å². The number of hydrogen-bond donors (Lipinski definition) is 2. The third kappa shape index (κ3) is 2.00. The summed E-state index contributed by atoms with van der Waals surface area (Å²) in [6.45, 7) is 0.749. The van der Waals surface area contributed by atoms with Crippen LogP contribution in [0.2, 0.25) is 0 Å². The minimum atomic E-state index is -0.939. The maximum absolute atomic E-state index is 10.7. The van der Waals surface area contributed by atoms with Crippen LogP contribution in [-0.2, 0) is 11.2 Å². The zero-order valence-corrected chi connectivity index (χ0v) is 8.99. The van der Waals surface area contributed by atoms with E-state index in [2.05, 4.69) is 5.32 Å². The molecule has 0 spiro atoms. The molecule has 0 radical (unpaired) electrons. The Bertz CT molecular complexity index is 452. The number of benzene rings is 1. The average molecular weight is 219 g/mol. The minimum Gasteiger partial charge on any atom is -0.497 e. The normalized spacial score (nSPS) is 16.4. The molecule has 2 N–H and O–H groups in total. The summed E-state index contributed by atoms with van der Waals surface area (Å²) in [5.74, 6) is -0.138. The predicted octanol–water partition coefficient (Wildman–Crippen LogP) is 1.27. The molecule has 1 aliphatic rings. The smallest absolute Gasteiger partial charge is 0.330 e. The number of carboxylic acids is 1. The number of ether oxygens (including phenoxy) is 1. The van der Waals surface area contributed by atoms with E-state index in [4.69, 9.17) is 9.84 Å². The van der Waals surface area contributed by atoms with E-state index in [9.17, 15) is 4.79 Å². The number of nitrogens with one attached hydrogen (secondary N) is 1. The molecule has 84 valence electrons. The first-order valence-corrected chi connectivity index (χ1v) is 5.06. The predicted molar refractivity (Wildman–Crippen MR) is 60.3 cm³/mol. The molecule has 0 aromatic heterocycles. The fourth-order valence-corrected chi connectivity index (χ4v) is 1.85. The van der Waals surface area contributed by atoms with Crippen molar-refractivity contribution in [1.82, 2.24) is 5.32 Å². The van der Waals surface area contributed by atoms with E-state index in [-0.39, 0.29) is 0 Å². The molecule has 2 rings (SSSR count). The van der Waals surface area contributed by atoms with Crippen LogP contribution in [0.15, 0.2) is 24.3 Å². The van der Waals surface area contributed by atoms with Gasteiger partial charge in [0, 0.05) is 23.9 Å². The van der Waals surface area contributed by atoms with E-state index in [0.29, 0.717) is 5.70 Å². The highest BCUT2D eigenvalue weighted by atomic mass is 16.5. The average Bonchev–Trinajstić information content (AvgIpc) is 2.28. The van der Waals surface area contributed by atoms with Gasteiger partial charge in [0.1, 0.15) is 5.75 Å². The molecular formula is C12H13NO3. The molecule has 0 amide bonds. The van der Waals surface area contributed by atoms with Crippen LogP contribution in [0.25, 0.3) is 5.70 Å². The third-order valence-corrected chi connectivity index (χ3v) is 2.58. The van der Waals surface area contributed by atoms with Gasteiger partial charge >= 0.3 is 5.97 Å². The Labute approximate surface area is 93.5 Å². The van der Waals surface area contributed by atoms with Crippen molar-refractivity contribution in [3.8, 4) is 5.75 Å². The molecule has 0 atom stereocenters. The van der Waals surface area contributed by atoms with Gasteiger partial charge in [-0.05, 0) is 30.2 Å². The van der Waals surface area contributed by atoms with Gasteiger partial charge in [0.05, 0.1) is 7.11 Å². The molecule has 1 aromatic carbocycles. The van der Waals surface area contributed by atoms with Gasteiger partial charge in [-0.15, -0.1) is 0 Å². The quantitative estimate of drug-likeness (QED) is 0.735. The van der Waals surface area contributed by atoms with Crippen molar-refractivity contribution in [2.24, 2.45) is 0 Å². The first-order chi connectivity index (χ1) is 7.70. The number of fused-ring (bicyclic) bond motifs is 1. The largest absolute Gasteiger partial charge is 0.497 e. The van der Waals surface area contributed by atoms with Crippen molar-refractivity contribution < 1.29 is 14.6 Å². The summed E-state index contributed by atoms with van der Waals surface area (Å²) >= 11 is 0. The third-order valence-electron chi connectivity index (χ3n) is 2.58. The molecule has 0 fully saturated rings. The van der Waals surface area contributed by atoms with Gasteiger partial charge in [-0.1, -0.05) is 0 Å². The molecule has 16 heavy (non-hydrogen) atoms. The van der Waals surface area contributed by atoms with Crippen LogP contribution in [0.4, 0.5) is 0 Å². The van der Waals surface area contributed by atoms with E-state index >= 15 is 0 Å².